The van der Waals surface area contributed by atoms with E-state index in [1.54, 1.807) is 12.1 Å². The number of rotatable bonds is 1. The van der Waals surface area contributed by atoms with Crippen LogP contribution in [0.4, 0.5) is 0 Å². The Morgan fingerprint density at radius 2 is 1.75 bits per heavy atom. The molecule has 1 aromatic heterocycles. The Hall–Kier alpha value is -2.33. The molecule has 0 saturated heterocycles. The molecule has 3 aromatic rings. The molecule has 124 valence electrons. The van der Waals surface area contributed by atoms with Gasteiger partial charge in [-0.05, 0) is 35.6 Å². The number of aromatic nitrogens is 2. The van der Waals surface area contributed by atoms with Gasteiger partial charge in [-0.3, -0.25) is 4.79 Å². The molecule has 5 heteroatoms. The molecule has 0 aliphatic carbocycles. The summed E-state index contributed by atoms with van der Waals surface area (Å²) in [6.45, 7) is 8.35. The van der Waals surface area contributed by atoms with Crippen LogP contribution in [0.15, 0.2) is 41.2 Å². The minimum atomic E-state index is -0.305. The van der Waals surface area contributed by atoms with Crippen LogP contribution in [0.2, 0.25) is 5.02 Å². The van der Waals surface area contributed by atoms with Crippen LogP contribution in [-0.4, -0.2) is 9.66 Å². The summed E-state index contributed by atoms with van der Waals surface area (Å²) >= 11 is 6.05. The monoisotopic (exact) mass is 341 g/mol. The second kappa shape index (κ2) is 5.64. The standard InChI is InChI=1S/C19H20ClN3O/c1-11-9-14(20)10-15-16(11)22-17(23(21)18(15)24)12-5-7-13(8-6-12)19(2,3)4/h5-10H,21H2,1-4H3. The SMILES string of the molecule is Cc1cc(Cl)cc2c(=O)n(N)c(-c3ccc(C(C)(C)C)cc3)nc12. The first-order valence-corrected chi connectivity index (χ1v) is 8.15. The normalized spacial score (nSPS) is 11.9. The number of nitrogens with zero attached hydrogens (tertiary/aromatic N) is 2. The number of halogens is 1. The van der Waals surface area contributed by atoms with E-state index in [-0.39, 0.29) is 11.0 Å². The summed E-state index contributed by atoms with van der Waals surface area (Å²) in [5, 5.41) is 0.929. The van der Waals surface area contributed by atoms with E-state index in [2.05, 4.69) is 25.8 Å². The molecule has 0 saturated carbocycles. The average Bonchev–Trinajstić information content (AvgIpc) is 2.50. The van der Waals surface area contributed by atoms with Gasteiger partial charge in [0.15, 0.2) is 5.82 Å². The van der Waals surface area contributed by atoms with Crippen molar-refractivity contribution in [1.82, 2.24) is 9.66 Å². The van der Waals surface area contributed by atoms with Gasteiger partial charge >= 0.3 is 0 Å². The molecule has 0 atom stereocenters. The number of fused-ring (bicyclic) bond motifs is 1. The zero-order valence-electron chi connectivity index (χ0n) is 14.2. The molecule has 2 aromatic carbocycles. The van der Waals surface area contributed by atoms with Gasteiger partial charge < -0.3 is 5.84 Å². The van der Waals surface area contributed by atoms with Crippen LogP contribution in [-0.2, 0) is 5.41 Å². The zero-order chi connectivity index (χ0) is 17.6. The van der Waals surface area contributed by atoms with Crippen molar-refractivity contribution >= 4 is 22.5 Å². The minimum absolute atomic E-state index is 0.0606. The third kappa shape index (κ3) is 2.78. The number of aryl methyl sites for hydroxylation is 1. The average molecular weight is 342 g/mol. The van der Waals surface area contributed by atoms with Crippen molar-refractivity contribution in [2.24, 2.45) is 0 Å². The van der Waals surface area contributed by atoms with Gasteiger partial charge in [0.1, 0.15) is 0 Å². The Labute approximate surface area is 145 Å². The minimum Gasteiger partial charge on any atom is -0.334 e. The largest absolute Gasteiger partial charge is 0.334 e. The van der Waals surface area contributed by atoms with Crippen LogP contribution in [0.5, 0.6) is 0 Å². The highest BCUT2D eigenvalue weighted by Crippen LogP contribution is 2.26. The molecular weight excluding hydrogens is 322 g/mol. The molecule has 24 heavy (non-hydrogen) atoms. The number of nitrogens with two attached hydrogens (primary N) is 1. The third-order valence-corrected chi connectivity index (χ3v) is 4.39. The summed E-state index contributed by atoms with van der Waals surface area (Å²) in [4.78, 5) is 17.2. The van der Waals surface area contributed by atoms with E-state index in [1.807, 2.05) is 31.2 Å². The van der Waals surface area contributed by atoms with E-state index in [0.29, 0.717) is 21.7 Å². The van der Waals surface area contributed by atoms with E-state index in [0.717, 1.165) is 15.8 Å². The Morgan fingerprint density at radius 3 is 2.33 bits per heavy atom. The molecule has 0 aliphatic rings. The van der Waals surface area contributed by atoms with Crippen LogP contribution in [0.3, 0.4) is 0 Å². The fraction of sp³-hybridized carbons (Fsp3) is 0.263. The molecule has 0 fully saturated rings. The molecule has 0 amide bonds. The summed E-state index contributed by atoms with van der Waals surface area (Å²) in [6, 6.07) is 11.4. The van der Waals surface area contributed by atoms with E-state index < -0.39 is 0 Å². The number of benzene rings is 2. The molecule has 0 unspecified atom stereocenters. The fourth-order valence-electron chi connectivity index (χ4n) is 2.76. The molecule has 0 bridgehead atoms. The number of hydrogen-bond donors (Lipinski definition) is 1. The van der Waals surface area contributed by atoms with Gasteiger partial charge in [-0.25, -0.2) is 9.66 Å². The van der Waals surface area contributed by atoms with Gasteiger partial charge in [-0.1, -0.05) is 56.6 Å². The molecule has 2 N–H and O–H groups in total. The van der Waals surface area contributed by atoms with Gasteiger partial charge in [-0.2, -0.15) is 0 Å². The molecule has 1 heterocycles. The fourth-order valence-corrected chi connectivity index (χ4v) is 3.03. The van der Waals surface area contributed by atoms with Crippen molar-refractivity contribution in [3.63, 3.8) is 0 Å². The van der Waals surface area contributed by atoms with Crippen LogP contribution in [0.25, 0.3) is 22.3 Å². The molecular formula is C19H20ClN3O. The highest BCUT2D eigenvalue weighted by molar-refractivity contribution is 6.31. The Kier molecular flexibility index (Phi) is 3.88. The smallest absolute Gasteiger partial charge is 0.280 e. The van der Waals surface area contributed by atoms with E-state index in [4.69, 9.17) is 17.4 Å². The lowest BCUT2D eigenvalue weighted by molar-refractivity contribution is 0.590. The van der Waals surface area contributed by atoms with Crippen LogP contribution >= 0.6 is 11.6 Å². The number of hydrogen-bond acceptors (Lipinski definition) is 3. The van der Waals surface area contributed by atoms with E-state index in [1.165, 1.54) is 5.56 Å². The first-order valence-electron chi connectivity index (χ1n) is 7.77. The maximum absolute atomic E-state index is 12.6. The van der Waals surface area contributed by atoms with Crippen molar-refractivity contribution < 1.29 is 0 Å². The van der Waals surface area contributed by atoms with Gasteiger partial charge in [-0.15, -0.1) is 0 Å². The maximum atomic E-state index is 12.6. The highest BCUT2D eigenvalue weighted by atomic mass is 35.5. The molecule has 4 nitrogen and oxygen atoms in total. The van der Waals surface area contributed by atoms with Crippen molar-refractivity contribution in [3.05, 3.63) is 62.9 Å². The summed E-state index contributed by atoms with van der Waals surface area (Å²) in [5.74, 6) is 6.45. The summed E-state index contributed by atoms with van der Waals surface area (Å²) in [5.41, 5.74) is 3.24. The predicted octanol–water partition coefficient (Wildman–Crippen LogP) is 4.04. The summed E-state index contributed by atoms with van der Waals surface area (Å²) in [7, 11) is 0. The van der Waals surface area contributed by atoms with Crippen LogP contribution in [0, 0.1) is 6.92 Å². The van der Waals surface area contributed by atoms with Crippen molar-refractivity contribution in [3.8, 4) is 11.4 Å². The second-order valence-electron chi connectivity index (χ2n) is 7.06. The van der Waals surface area contributed by atoms with Crippen molar-refractivity contribution in [1.29, 1.82) is 0 Å². The highest BCUT2D eigenvalue weighted by Gasteiger charge is 2.16. The Bertz CT molecular complexity index is 983. The second-order valence-corrected chi connectivity index (χ2v) is 7.49. The van der Waals surface area contributed by atoms with Crippen molar-refractivity contribution in [2.75, 3.05) is 5.84 Å². The maximum Gasteiger partial charge on any atom is 0.280 e. The molecule has 0 aliphatic heterocycles. The lowest BCUT2D eigenvalue weighted by atomic mass is 9.86. The molecule has 0 spiro atoms. The summed E-state index contributed by atoms with van der Waals surface area (Å²) in [6.07, 6.45) is 0. The predicted molar refractivity (Wildman–Crippen MR) is 100 cm³/mol. The van der Waals surface area contributed by atoms with Gasteiger partial charge in [0.25, 0.3) is 5.56 Å². The molecule has 0 radical (unpaired) electrons. The zero-order valence-corrected chi connectivity index (χ0v) is 15.0. The van der Waals surface area contributed by atoms with Gasteiger partial charge in [0.05, 0.1) is 10.9 Å². The third-order valence-electron chi connectivity index (χ3n) is 4.17. The van der Waals surface area contributed by atoms with Gasteiger partial charge in [0.2, 0.25) is 0 Å². The Balaban J connectivity index is 2.24. The topological polar surface area (TPSA) is 60.9 Å². The summed E-state index contributed by atoms with van der Waals surface area (Å²) < 4.78 is 1.09. The van der Waals surface area contributed by atoms with Crippen molar-refractivity contribution in [2.45, 2.75) is 33.1 Å². The van der Waals surface area contributed by atoms with Crippen LogP contribution in [0.1, 0.15) is 31.9 Å². The van der Waals surface area contributed by atoms with E-state index in [9.17, 15) is 4.79 Å². The lowest BCUT2D eigenvalue weighted by Crippen LogP contribution is -2.30. The quantitative estimate of drug-likeness (QED) is 0.679. The van der Waals surface area contributed by atoms with Gasteiger partial charge in [0, 0.05) is 10.6 Å². The van der Waals surface area contributed by atoms with Crippen LogP contribution < -0.4 is 11.4 Å². The Morgan fingerprint density at radius 1 is 1.12 bits per heavy atom. The first-order chi connectivity index (χ1) is 11.2. The van der Waals surface area contributed by atoms with E-state index >= 15 is 0 Å². The first kappa shape index (κ1) is 16.5. The lowest BCUT2D eigenvalue weighted by Gasteiger charge is -2.19. The number of nitrogen functional groups attached to an aromatic ring is 1. The molecule has 3 rings (SSSR count).